The lowest BCUT2D eigenvalue weighted by Gasteiger charge is -2.11. The molecule has 0 bridgehead atoms. The summed E-state index contributed by atoms with van der Waals surface area (Å²) in [6.45, 7) is 7.55. The van der Waals surface area contributed by atoms with Gasteiger partial charge in [0, 0.05) is 6.61 Å². The third kappa shape index (κ3) is 4.26. The molecule has 0 radical (unpaired) electrons. The van der Waals surface area contributed by atoms with E-state index in [0.717, 1.165) is 18.6 Å². The maximum absolute atomic E-state index is 5.64. The van der Waals surface area contributed by atoms with E-state index in [2.05, 4.69) is 80.2 Å². The summed E-state index contributed by atoms with van der Waals surface area (Å²) >= 11 is 0. The molecule has 1 heteroatoms. The Morgan fingerprint density at radius 1 is 0.840 bits per heavy atom. The Balaban J connectivity index is 1.84. The van der Waals surface area contributed by atoms with Crippen LogP contribution in [0, 0.1) is 0 Å². The van der Waals surface area contributed by atoms with Crippen LogP contribution in [0.4, 0.5) is 0 Å². The van der Waals surface area contributed by atoms with E-state index in [4.69, 9.17) is 4.74 Å². The molecule has 3 aromatic carbocycles. The van der Waals surface area contributed by atoms with Crippen LogP contribution in [0.15, 0.2) is 79.4 Å². The van der Waals surface area contributed by atoms with Crippen LogP contribution in [0.3, 0.4) is 0 Å². The van der Waals surface area contributed by atoms with Crippen LogP contribution in [0.5, 0.6) is 0 Å². The van der Waals surface area contributed by atoms with Crippen LogP contribution < -0.4 is 0 Å². The standard InChI is InChI=1S/C24H24O/c1-3-16-25-18-19-10-15-24(20(4-2)17-19)23-13-11-22(12-14-23)21-8-6-5-7-9-21/h4-15,17H,2-3,16,18H2,1H3. The van der Waals surface area contributed by atoms with Gasteiger partial charge in [0.15, 0.2) is 0 Å². The second-order valence-corrected chi connectivity index (χ2v) is 6.12. The number of rotatable bonds is 7. The maximum Gasteiger partial charge on any atom is 0.0717 e. The molecule has 25 heavy (non-hydrogen) atoms. The molecule has 0 amide bonds. The van der Waals surface area contributed by atoms with E-state index in [1.807, 2.05) is 12.1 Å². The predicted molar refractivity (Wildman–Crippen MR) is 107 cm³/mol. The van der Waals surface area contributed by atoms with Crippen LogP contribution in [0.2, 0.25) is 0 Å². The van der Waals surface area contributed by atoms with Crippen molar-refractivity contribution in [2.45, 2.75) is 20.0 Å². The Morgan fingerprint density at radius 3 is 2.20 bits per heavy atom. The van der Waals surface area contributed by atoms with E-state index in [1.54, 1.807) is 0 Å². The lowest BCUT2D eigenvalue weighted by Crippen LogP contribution is -1.95. The molecule has 0 fully saturated rings. The van der Waals surface area contributed by atoms with Gasteiger partial charge in [-0.1, -0.05) is 86.3 Å². The quantitative estimate of drug-likeness (QED) is 0.444. The van der Waals surface area contributed by atoms with Gasteiger partial charge in [0.1, 0.15) is 0 Å². The fraction of sp³-hybridized carbons (Fsp3) is 0.167. The van der Waals surface area contributed by atoms with E-state index < -0.39 is 0 Å². The van der Waals surface area contributed by atoms with Gasteiger partial charge in [-0.05, 0) is 45.9 Å². The summed E-state index contributed by atoms with van der Waals surface area (Å²) in [6.07, 6.45) is 2.96. The molecule has 126 valence electrons. The Bertz CT molecular complexity index is 816. The minimum Gasteiger partial charge on any atom is -0.377 e. The molecule has 3 rings (SSSR count). The SMILES string of the molecule is C=Cc1cc(COCCC)ccc1-c1ccc(-c2ccccc2)cc1. The number of hydrogen-bond donors (Lipinski definition) is 0. The molecule has 0 N–H and O–H groups in total. The van der Waals surface area contributed by atoms with E-state index in [1.165, 1.54) is 27.8 Å². The summed E-state index contributed by atoms with van der Waals surface area (Å²) < 4.78 is 5.64. The zero-order valence-electron chi connectivity index (χ0n) is 14.7. The highest BCUT2D eigenvalue weighted by atomic mass is 16.5. The van der Waals surface area contributed by atoms with Crippen LogP contribution in [-0.2, 0) is 11.3 Å². The van der Waals surface area contributed by atoms with Gasteiger partial charge >= 0.3 is 0 Å². The molecular weight excluding hydrogens is 304 g/mol. The third-order valence-electron chi connectivity index (χ3n) is 4.26. The Labute approximate surface area is 150 Å². The Kier molecular flexibility index (Phi) is 5.81. The van der Waals surface area contributed by atoms with Crippen molar-refractivity contribution >= 4 is 6.08 Å². The van der Waals surface area contributed by atoms with E-state index >= 15 is 0 Å². The Hall–Kier alpha value is -2.64. The summed E-state index contributed by atoms with van der Waals surface area (Å²) in [5, 5.41) is 0. The van der Waals surface area contributed by atoms with Crippen LogP contribution in [0.25, 0.3) is 28.3 Å². The normalized spacial score (nSPS) is 10.6. The maximum atomic E-state index is 5.64. The van der Waals surface area contributed by atoms with Crippen molar-refractivity contribution in [1.29, 1.82) is 0 Å². The largest absolute Gasteiger partial charge is 0.377 e. The van der Waals surface area contributed by atoms with Crippen LogP contribution in [-0.4, -0.2) is 6.61 Å². The van der Waals surface area contributed by atoms with Gasteiger partial charge in [0.25, 0.3) is 0 Å². The van der Waals surface area contributed by atoms with Crippen LogP contribution in [0.1, 0.15) is 24.5 Å². The summed E-state index contributed by atoms with van der Waals surface area (Å²) in [6, 6.07) is 25.6. The highest BCUT2D eigenvalue weighted by molar-refractivity contribution is 5.77. The highest BCUT2D eigenvalue weighted by Gasteiger charge is 2.05. The van der Waals surface area contributed by atoms with Crippen molar-refractivity contribution in [3.63, 3.8) is 0 Å². The van der Waals surface area contributed by atoms with Crippen LogP contribution >= 0.6 is 0 Å². The fourth-order valence-electron chi connectivity index (χ4n) is 2.94. The van der Waals surface area contributed by atoms with Crippen molar-refractivity contribution in [2.75, 3.05) is 6.61 Å². The lowest BCUT2D eigenvalue weighted by atomic mass is 9.95. The summed E-state index contributed by atoms with van der Waals surface area (Å²) in [7, 11) is 0. The van der Waals surface area contributed by atoms with Gasteiger partial charge in [-0.3, -0.25) is 0 Å². The van der Waals surface area contributed by atoms with E-state index in [9.17, 15) is 0 Å². The molecule has 0 aliphatic heterocycles. The first-order chi connectivity index (χ1) is 12.3. The monoisotopic (exact) mass is 328 g/mol. The molecular formula is C24H24O. The molecule has 0 spiro atoms. The molecule has 1 nitrogen and oxygen atoms in total. The highest BCUT2D eigenvalue weighted by Crippen LogP contribution is 2.28. The third-order valence-corrected chi connectivity index (χ3v) is 4.26. The fourth-order valence-corrected chi connectivity index (χ4v) is 2.94. The molecule has 0 saturated carbocycles. The molecule has 0 aliphatic rings. The smallest absolute Gasteiger partial charge is 0.0717 e. The van der Waals surface area contributed by atoms with Crippen molar-refractivity contribution in [1.82, 2.24) is 0 Å². The second-order valence-electron chi connectivity index (χ2n) is 6.12. The van der Waals surface area contributed by atoms with Gasteiger partial charge < -0.3 is 4.74 Å². The predicted octanol–water partition coefficient (Wildman–Crippen LogP) is 6.59. The van der Waals surface area contributed by atoms with Gasteiger partial charge in [-0.2, -0.15) is 0 Å². The number of benzene rings is 3. The Morgan fingerprint density at radius 2 is 1.52 bits per heavy atom. The molecule has 3 aromatic rings. The summed E-state index contributed by atoms with van der Waals surface area (Å²) in [5.41, 5.74) is 7.21. The van der Waals surface area contributed by atoms with Crippen molar-refractivity contribution < 1.29 is 4.74 Å². The van der Waals surface area contributed by atoms with Crippen molar-refractivity contribution in [3.8, 4) is 22.3 Å². The first kappa shape index (κ1) is 17.2. The van der Waals surface area contributed by atoms with Crippen molar-refractivity contribution in [2.24, 2.45) is 0 Å². The molecule has 0 heterocycles. The van der Waals surface area contributed by atoms with Crippen molar-refractivity contribution in [3.05, 3.63) is 90.5 Å². The van der Waals surface area contributed by atoms with E-state index in [-0.39, 0.29) is 0 Å². The molecule has 0 aromatic heterocycles. The van der Waals surface area contributed by atoms with Gasteiger partial charge in [0.2, 0.25) is 0 Å². The number of ether oxygens (including phenoxy) is 1. The van der Waals surface area contributed by atoms with Gasteiger partial charge in [-0.25, -0.2) is 0 Å². The average Bonchev–Trinajstić information content (AvgIpc) is 2.69. The minimum atomic E-state index is 0.655. The summed E-state index contributed by atoms with van der Waals surface area (Å²) in [5.74, 6) is 0. The lowest BCUT2D eigenvalue weighted by molar-refractivity contribution is 0.121. The minimum absolute atomic E-state index is 0.655. The summed E-state index contributed by atoms with van der Waals surface area (Å²) in [4.78, 5) is 0. The average molecular weight is 328 g/mol. The molecule has 0 aliphatic carbocycles. The van der Waals surface area contributed by atoms with Gasteiger partial charge in [-0.15, -0.1) is 0 Å². The topological polar surface area (TPSA) is 9.23 Å². The zero-order valence-corrected chi connectivity index (χ0v) is 14.7. The molecule has 0 saturated heterocycles. The first-order valence-electron chi connectivity index (χ1n) is 8.81. The first-order valence-corrected chi connectivity index (χ1v) is 8.81. The van der Waals surface area contributed by atoms with E-state index in [0.29, 0.717) is 6.61 Å². The molecule has 0 atom stereocenters. The number of hydrogen-bond acceptors (Lipinski definition) is 1. The molecule has 0 unspecified atom stereocenters. The van der Waals surface area contributed by atoms with Gasteiger partial charge in [0.05, 0.1) is 6.61 Å². The second kappa shape index (κ2) is 8.46. The zero-order chi connectivity index (χ0) is 17.5.